The maximum atomic E-state index is 14.1. The number of urea groups is 1. The number of likely N-dealkylation sites (tertiary alicyclic amines) is 2. The molecule has 18 heteroatoms. The van der Waals surface area contributed by atoms with Crippen molar-refractivity contribution in [3.8, 4) is 0 Å². The summed E-state index contributed by atoms with van der Waals surface area (Å²) in [6.07, 6.45) is -3.94. The van der Waals surface area contributed by atoms with Crippen LogP contribution in [0.1, 0.15) is 42.4 Å². The van der Waals surface area contributed by atoms with Gasteiger partial charge in [0.05, 0.1) is 22.8 Å². The maximum Gasteiger partial charge on any atom is 0.418 e. The maximum absolute atomic E-state index is 14.1. The molecule has 318 valence electrons. The van der Waals surface area contributed by atoms with Crippen molar-refractivity contribution in [2.24, 2.45) is 0 Å². The molecular formula is C40H54ClF3N8O6. The molecule has 2 aromatic carbocycles. The van der Waals surface area contributed by atoms with Gasteiger partial charge in [0, 0.05) is 89.6 Å². The smallest absolute Gasteiger partial charge is 0.418 e. The lowest BCUT2D eigenvalue weighted by molar-refractivity contribution is -0.145. The summed E-state index contributed by atoms with van der Waals surface area (Å²) in [6, 6.07) is 9.73. The number of amides is 4. The van der Waals surface area contributed by atoms with Crippen molar-refractivity contribution in [3.05, 3.63) is 58.1 Å². The fraction of sp³-hybridized carbons (Fsp3) is 0.600. The van der Waals surface area contributed by atoms with Crippen molar-refractivity contribution in [1.82, 2.24) is 29.4 Å². The van der Waals surface area contributed by atoms with Crippen molar-refractivity contribution < 1.29 is 41.8 Å². The van der Waals surface area contributed by atoms with Gasteiger partial charge in [0.2, 0.25) is 0 Å². The fourth-order valence-corrected chi connectivity index (χ4v) is 8.48. The van der Waals surface area contributed by atoms with Crippen LogP contribution in [0.4, 0.5) is 34.1 Å². The Balaban J connectivity index is 1.06. The third kappa shape index (κ3) is 11.0. The number of hydrogen-bond acceptors (Lipinski definition) is 10. The number of esters is 1. The molecule has 3 fully saturated rings. The molecule has 0 radical (unpaired) electrons. The number of benzene rings is 2. The molecule has 6 rings (SSSR count). The molecule has 4 amide bonds. The molecule has 0 spiro atoms. The zero-order valence-electron chi connectivity index (χ0n) is 33.1. The number of anilines is 2. The Labute approximate surface area is 342 Å². The number of nitrogens with zero attached hydrogens (tertiary/aromatic N) is 6. The van der Waals surface area contributed by atoms with Gasteiger partial charge in [0.1, 0.15) is 6.61 Å². The highest BCUT2D eigenvalue weighted by atomic mass is 35.5. The number of nitrogens with two attached hydrogens (primary N) is 1. The van der Waals surface area contributed by atoms with Crippen LogP contribution in [0, 0.1) is 0 Å². The lowest BCUT2D eigenvalue weighted by atomic mass is 10.0. The normalized spacial score (nSPS) is 19.7. The fourth-order valence-electron chi connectivity index (χ4n) is 8.24. The van der Waals surface area contributed by atoms with Crippen LogP contribution < -0.4 is 11.1 Å². The number of hydrogen-bond donors (Lipinski definition) is 2. The van der Waals surface area contributed by atoms with Crippen molar-refractivity contribution in [1.29, 1.82) is 0 Å². The van der Waals surface area contributed by atoms with Crippen LogP contribution in [-0.4, -0.2) is 164 Å². The first-order valence-electron chi connectivity index (χ1n) is 20.0. The summed E-state index contributed by atoms with van der Waals surface area (Å²) in [5.74, 6) is -0.746. The van der Waals surface area contributed by atoms with E-state index in [0.717, 1.165) is 43.2 Å². The SMILES string of the molecule is CN(C)CCOC(=O)CN1CCC(N2CCN(C(=O)C(Cc3cc(Cl)c(N)c(C(F)(F)F)c3)OC(=O)N3CCC(N4CCc5ccccc5NC4=O)CC3)CC2)CC1. The minimum atomic E-state index is -4.79. The van der Waals surface area contributed by atoms with E-state index in [1.807, 2.05) is 43.3 Å². The Morgan fingerprint density at radius 1 is 0.931 bits per heavy atom. The first kappa shape index (κ1) is 43.3. The Morgan fingerprint density at radius 2 is 1.60 bits per heavy atom. The van der Waals surface area contributed by atoms with Gasteiger partial charge >= 0.3 is 24.3 Å². The molecule has 58 heavy (non-hydrogen) atoms. The number of alkyl halides is 3. The van der Waals surface area contributed by atoms with E-state index in [1.54, 1.807) is 9.80 Å². The largest absolute Gasteiger partial charge is 0.463 e. The van der Waals surface area contributed by atoms with E-state index in [1.165, 1.54) is 11.0 Å². The molecule has 0 bridgehead atoms. The predicted octanol–water partition coefficient (Wildman–Crippen LogP) is 4.26. The molecular weight excluding hydrogens is 781 g/mol. The number of piperidine rings is 2. The summed E-state index contributed by atoms with van der Waals surface area (Å²) in [5, 5.41) is 2.67. The van der Waals surface area contributed by atoms with Gasteiger partial charge in [-0.15, -0.1) is 0 Å². The van der Waals surface area contributed by atoms with Gasteiger partial charge < -0.3 is 40.1 Å². The number of carbonyl (C=O) groups excluding carboxylic acids is 4. The third-order valence-corrected chi connectivity index (χ3v) is 11.9. The molecule has 1 unspecified atom stereocenters. The molecule has 2 aromatic rings. The van der Waals surface area contributed by atoms with E-state index < -0.39 is 35.5 Å². The van der Waals surface area contributed by atoms with E-state index in [9.17, 15) is 32.3 Å². The van der Waals surface area contributed by atoms with E-state index in [0.29, 0.717) is 65.1 Å². The monoisotopic (exact) mass is 834 g/mol. The minimum Gasteiger partial charge on any atom is -0.463 e. The molecule has 1 atom stereocenters. The van der Waals surface area contributed by atoms with Gasteiger partial charge in [-0.1, -0.05) is 29.8 Å². The summed E-state index contributed by atoms with van der Waals surface area (Å²) >= 11 is 6.14. The van der Waals surface area contributed by atoms with Crippen LogP contribution in [0.15, 0.2) is 36.4 Å². The second-order valence-electron chi connectivity index (χ2n) is 15.8. The number of piperazine rings is 1. The molecule has 14 nitrogen and oxygen atoms in total. The standard InChI is InChI=1S/C40H54ClF3N8O6/c1-47(2)21-22-57-35(53)26-48-12-8-29(9-13-48)49-17-19-50(20-18-49)37(54)34(25-27-23-31(40(42,43)44)36(45)32(41)24-27)58-39(56)51-14-10-30(11-15-51)52-16-7-28-5-3-4-6-33(28)46-38(52)55/h3-6,23-24,29-30,34H,7-22,25-26,45H2,1-2H3,(H,46,55). The topological polar surface area (TPSA) is 144 Å². The number of likely N-dealkylation sites (N-methyl/N-ethyl adjacent to an activating group) is 1. The number of ether oxygens (including phenoxy) is 2. The second kappa shape index (κ2) is 19.2. The molecule has 3 saturated heterocycles. The van der Waals surface area contributed by atoms with Crippen LogP contribution in [0.3, 0.4) is 0 Å². The van der Waals surface area contributed by atoms with E-state index in [4.69, 9.17) is 26.8 Å². The zero-order valence-corrected chi connectivity index (χ0v) is 33.9. The number of carbonyl (C=O) groups is 4. The van der Waals surface area contributed by atoms with Gasteiger partial charge in [-0.3, -0.25) is 19.4 Å². The minimum absolute atomic E-state index is 0.0523. The summed E-state index contributed by atoms with van der Waals surface area (Å²) in [6.45, 7) is 5.62. The molecule has 4 heterocycles. The number of rotatable bonds is 11. The van der Waals surface area contributed by atoms with Crippen LogP contribution in [0.25, 0.3) is 0 Å². The highest BCUT2D eigenvalue weighted by molar-refractivity contribution is 6.33. The molecule has 0 saturated carbocycles. The molecule has 4 aliphatic rings. The van der Waals surface area contributed by atoms with E-state index in [2.05, 4.69) is 15.1 Å². The first-order valence-corrected chi connectivity index (χ1v) is 20.4. The molecule has 4 aliphatic heterocycles. The van der Waals surface area contributed by atoms with Crippen molar-refractivity contribution in [2.45, 2.75) is 62.9 Å². The molecule has 0 aliphatic carbocycles. The Bertz CT molecular complexity index is 1780. The number of fused-ring (bicyclic) bond motifs is 1. The van der Waals surface area contributed by atoms with Gasteiger partial charge in [-0.2, -0.15) is 13.2 Å². The summed E-state index contributed by atoms with van der Waals surface area (Å²) < 4.78 is 52.9. The van der Waals surface area contributed by atoms with Gasteiger partial charge in [0.25, 0.3) is 5.91 Å². The van der Waals surface area contributed by atoms with Gasteiger partial charge in [-0.25, -0.2) is 9.59 Å². The second-order valence-corrected chi connectivity index (χ2v) is 16.2. The Kier molecular flexibility index (Phi) is 14.3. The predicted molar refractivity (Wildman–Crippen MR) is 212 cm³/mol. The van der Waals surface area contributed by atoms with Crippen molar-refractivity contribution in [2.75, 3.05) is 104 Å². The summed E-state index contributed by atoms with van der Waals surface area (Å²) in [7, 11) is 3.84. The van der Waals surface area contributed by atoms with Crippen LogP contribution in [0.2, 0.25) is 5.02 Å². The van der Waals surface area contributed by atoms with Gasteiger partial charge in [0.15, 0.2) is 6.10 Å². The van der Waals surface area contributed by atoms with Gasteiger partial charge in [-0.05, 0) is 75.5 Å². The van der Waals surface area contributed by atoms with E-state index >= 15 is 0 Å². The van der Waals surface area contributed by atoms with Crippen LogP contribution >= 0.6 is 11.6 Å². The summed E-state index contributed by atoms with van der Waals surface area (Å²) in [5.41, 5.74) is 5.82. The van der Waals surface area contributed by atoms with Crippen molar-refractivity contribution in [3.63, 3.8) is 0 Å². The van der Waals surface area contributed by atoms with Crippen molar-refractivity contribution >= 4 is 47.0 Å². The summed E-state index contributed by atoms with van der Waals surface area (Å²) in [4.78, 5) is 64.5. The number of nitrogens with one attached hydrogen (secondary N) is 1. The van der Waals surface area contributed by atoms with E-state index in [-0.39, 0.29) is 60.7 Å². The van der Waals surface area contributed by atoms with Crippen LogP contribution in [-0.2, 0) is 38.1 Å². The number of halogens is 4. The first-order chi connectivity index (χ1) is 27.7. The lowest BCUT2D eigenvalue weighted by Crippen LogP contribution is -2.57. The number of nitrogen functional groups attached to an aromatic ring is 1. The Hall–Kier alpha value is -4.32. The lowest BCUT2D eigenvalue weighted by Gasteiger charge is -2.43. The number of para-hydroxylation sites is 1. The van der Waals surface area contributed by atoms with Crippen LogP contribution in [0.5, 0.6) is 0 Å². The molecule has 3 N–H and O–H groups in total. The zero-order chi connectivity index (χ0) is 41.6. The quantitative estimate of drug-likeness (QED) is 0.249. The average Bonchev–Trinajstić information content (AvgIpc) is 3.36. The Morgan fingerprint density at radius 3 is 2.28 bits per heavy atom. The highest BCUT2D eigenvalue weighted by Gasteiger charge is 2.38. The third-order valence-electron chi connectivity index (χ3n) is 11.6. The highest BCUT2D eigenvalue weighted by Crippen LogP contribution is 2.38. The molecule has 0 aromatic heterocycles. The average molecular weight is 835 g/mol.